The Morgan fingerprint density at radius 2 is 2.00 bits per heavy atom. The van der Waals surface area contributed by atoms with Crippen LogP contribution >= 0.6 is 0 Å². The van der Waals surface area contributed by atoms with Crippen molar-refractivity contribution in [2.24, 2.45) is 0 Å². The SMILES string of the molecule is C=CCNC(=O)C(=Cc1ccccc1C)NC(C)=O. The number of amides is 2. The van der Waals surface area contributed by atoms with E-state index in [4.69, 9.17) is 0 Å². The summed E-state index contributed by atoms with van der Waals surface area (Å²) in [6.07, 6.45) is 3.24. The smallest absolute Gasteiger partial charge is 0.268 e. The highest BCUT2D eigenvalue weighted by atomic mass is 16.2. The molecule has 0 fully saturated rings. The predicted octanol–water partition coefficient (Wildman–Crippen LogP) is 1.77. The summed E-state index contributed by atoms with van der Waals surface area (Å²) < 4.78 is 0. The van der Waals surface area contributed by atoms with Gasteiger partial charge >= 0.3 is 0 Å². The van der Waals surface area contributed by atoms with Crippen LogP contribution in [0.3, 0.4) is 0 Å². The molecular formula is C15H18N2O2. The van der Waals surface area contributed by atoms with Crippen molar-refractivity contribution in [3.05, 3.63) is 53.7 Å². The van der Waals surface area contributed by atoms with Crippen LogP contribution < -0.4 is 10.6 Å². The average molecular weight is 258 g/mol. The molecule has 4 nitrogen and oxygen atoms in total. The van der Waals surface area contributed by atoms with Gasteiger partial charge in [-0.1, -0.05) is 30.3 Å². The topological polar surface area (TPSA) is 58.2 Å². The number of rotatable bonds is 5. The standard InChI is InChI=1S/C15H18N2O2/c1-4-9-16-15(19)14(17-12(3)18)10-13-8-6-5-7-11(13)2/h4-8,10H,1,9H2,2-3H3,(H,16,19)(H,17,18). The summed E-state index contributed by atoms with van der Waals surface area (Å²) in [6.45, 7) is 7.19. The molecule has 19 heavy (non-hydrogen) atoms. The number of aryl methyl sites for hydroxylation is 1. The Morgan fingerprint density at radius 3 is 2.58 bits per heavy atom. The van der Waals surface area contributed by atoms with Crippen LogP contribution in [0.25, 0.3) is 6.08 Å². The highest BCUT2D eigenvalue weighted by Gasteiger charge is 2.10. The van der Waals surface area contributed by atoms with Crippen molar-refractivity contribution in [2.75, 3.05) is 6.54 Å². The van der Waals surface area contributed by atoms with Gasteiger partial charge in [-0.25, -0.2) is 0 Å². The molecule has 4 heteroatoms. The Labute approximate surface area is 113 Å². The first kappa shape index (κ1) is 14.7. The van der Waals surface area contributed by atoms with Crippen LogP contribution in [0.15, 0.2) is 42.6 Å². The van der Waals surface area contributed by atoms with Crippen molar-refractivity contribution in [1.82, 2.24) is 10.6 Å². The third-order valence-corrected chi connectivity index (χ3v) is 2.45. The Hall–Kier alpha value is -2.36. The molecule has 1 aromatic rings. The fourth-order valence-electron chi connectivity index (χ4n) is 1.51. The van der Waals surface area contributed by atoms with Crippen molar-refractivity contribution in [1.29, 1.82) is 0 Å². The van der Waals surface area contributed by atoms with E-state index in [1.54, 1.807) is 12.2 Å². The molecule has 0 radical (unpaired) electrons. The second kappa shape index (κ2) is 7.16. The van der Waals surface area contributed by atoms with Crippen LogP contribution in [-0.2, 0) is 9.59 Å². The summed E-state index contributed by atoms with van der Waals surface area (Å²) in [4.78, 5) is 23.1. The number of benzene rings is 1. The monoisotopic (exact) mass is 258 g/mol. The van der Waals surface area contributed by atoms with Gasteiger partial charge in [-0.3, -0.25) is 9.59 Å². The van der Waals surface area contributed by atoms with Gasteiger partial charge in [0.25, 0.3) is 5.91 Å². The second-order valence-electron chi connectivity index (χ2n) is 4.09. The van der Waals surface area contributed by atoms with E-state index in [1.807, 2.05) is 31.2 Å². The minimum absolute atomic E-state index is 0.226. The van der Waals surface area contributed by atoms with Crippen LogP contribution in [0, 0.1) is 6.92 Å². The molecule has 0 aliphatic carbocycles. The first-order valence-corrected chi connectivity index (χ1v) is 5.98. The van der Waals surface area contributed by atoms with E-state index >= 15 is 0 Å². The van der Waals surface area contributed by atoms with Gasteiger partial charge in [0.15, 0.2) is 0 Å². The molecule has 0 atom stereocenters. The maximum Gasteiger partial charge on any atom is 0.268 e. The molecule has 0 bridgehead atoms. The lowest BCUT2D eigenvalue weighted by molar-refractivity contribution is -0.122. The zero-order valence-electron chi connectivity index (χ0n) is 11.2. The second-order valence-corrected chi connectivity index (χ2v) is 4.09. The zero-order valence-corrected chi connectivity index (χ0v) is 11.2. The van der Waals surface area contributed by atoms with E-state index in [9.17, 15) is 9.59 Å². The van der Waals surface area contributed by atoms with Gasteiger partial charge in [-0.05, 0) is 24.1 Å². The molecular weight excluding hydrogens is 240 g/mol. The first-order chi connectivity index (χ1) is 9.04. The van der Waals surface area contributed by atoms with E-state index < -0.39 is 0 Å². The molecule has 0 aromatic heterocycles. The lowest BCUT2D eigenvalue weighted by Crippen LogP contribution is -2.33. The van der Waals surface area contributed by atoms with E-state index in [-0.39, 0.29) is 17.5 Å². The van der Waals surface area contributed by atoms with Gasteiger partial charge in [-0.15, -0.1) is 6.58 Å². The first-order valence-electron chi connectivity index (χ1n) is 5.98. The Balaban J connectivity index is 3.02. The Morgan fingerprint density at radius 1 is 1.32 bits per heavy atom. The lowest BCUT2D eigenvalue weighted by atomic mass is 10.1. The minimum Gasteiger partial charge on any atom is -0.347 e. The highest BCUT2D eigenvalue weighted by Crippen LogP contribution is 2.11. The molecule has 1 rings (SSSR count). The van der Waals surface area contributed by atoms with E-state index in [1.165, 1.54) is 6.92 Å². The summed E-state index contributed by atoms with van der Waals surface area (Å²) in [5, 5.41) is 5.18. The third kappa shape index (κ3) is 4.79. The number of nitrogens with one attached hydrogen (secondary N) is 2. The molecule has 100 valence electrons. The van der Waals surface area contributed by atoms with Crippen molar-refractivity contribution in [3.8, 4) is 0 Å². The normalized spacial score (nSPS) is 10.7. The third-order valence-electron chi connectivity index (χ3n) is 2.45. The van der Waals surface area contributed by atoms with Gasteiger partial charge in [0.05, 0.1) is 0 Å². The van der Waals surface area contributed by atoms with Crippen molar-refractivity contribution in [2.45, 2.75) is 13.8 Å². The molecule has 2 N–H and O–H groups in total. The molecule has 0 saturated heterocycles. The molecule has 0 saturated carbocycles. The highest BCUT2D eigenvalue weighted by molar-refractivity contribution is 6.01. The lowest BCUT2D eigenvalue weighted by Gasteiger charge is -2.09. The number of hydrogen-bond acceptors (Lipinski definition) is 2. The van der Waals surface area contributed by atoms with Crippen molar-refractivity contribution >= 4 is 17.9 Å². The molecule has 1 aromatic carbocycles. The van der Waals surface area contributed by atoms with Gasteiger partial charge in [-0.2, -0.15) is 0 Å². The van der Waals surface area contributed by atoms with Gasteiger partial charge in [0.2, 0.25) is 5.91 Å². The summed E-state index contributed by atoms with van der Waals surface area (Å²) in [6, 6.07) is 7.63. The van der Waals surface area contributed by atoms with Gasteiger partial charge < -0.3 is 10.6 Å². The van der Waals surface area contributed by atoms with E-state index in [0.717, 1.165) is 11.1 Å². The molecule has 0 spiro atoms. The number of carbonyl (C=O) groups is 2. The number of carbonyl (C=O) groups excluding carboxylic acids is 2. The van der Waals surface area contributed by atoms with Crippen molar-refractivity contribution < 1.29 is 9.59 Å². The Kier molecular flexibility index (Phi) is 5.54. The fourth-order valence-corrected chi connectivity index (χ4v) is 1.51. The van der Waals surface area contributed by atoms with Crippen molar-refractivity contribution in [3.63, 3.8) is 0 Å². The maximum absolute atomic E-state index is 11.9. The molecule has 0 aliphatic heterocycles. The fraction of sp³-hybridized carbons (Fsp3) is 0.200. The predicted molar refractivity (Wildman–Crippen MR) is 76.2 cm³/mol. The van der Waals surface area contributed by atoms with Gasteiger partial charge in [0.1, 0.15) is 5.70 Å². The molecule has 0 unspecified atom stereocenters. The summed E-state index contributed by atoms with van der Waals surface area (Å²) >= 11 is 0. The summed E-state index contributed by atoms with van der Waals surface area (Å²) in [5.41, 5.74) is 2.14. The van der Waals surface area contributed by atoms with E-state index in [0.29, 0.717) is 6.54 Å². The van der Waals surface area contributed by atoms with Crippen LogP contribution in [0.2, 0.25) is 0 Å². The maximum atomic E-state index is 11.9. The van der Waals surface area contributed by atoms with Crippen LogP contribution in [0.1, 0.15) is 18.1 Å². The van der Waals surface area contributed by atoms with Gasteiger partial charge in [0, 0.05) is 13.5 Å². The summed E-state index contributed by atoms with van der Waals surface area (Å²) in [5.74, 6) is -0.619. The van der Waals surface area contributed by atoms with Crippen LogP contribution in [0.5, 0.6) is 0 Å². The quantitative estimate of drug-likeness (QED) is 0.624. The summed E-state index contributed by atoms with van der Waals surface area (Å²) in [7, 11) is 0. The van der Waals surface area contributed by atoms with Crippen LogP contribution in [-0.4, -0.2) is 18.4 Å². The molecule has 0 heterocycles. The molecule has 2 amide bonds. The Bertz CT molecular complexity index is 519. The largest absolute Gasteiger partial charge is 0.347 e. The zero-order chi connectivity index (χ0) is 14.3. The van der Waals surface area contributed by atoms with E-state index in [2.05, 4.69) is 17.2 Å². The molecule has 0 aliphatic rings. The average Bonchev–Trinajstić information content (AvgIpc) is 2.37. The minimum atomic E-state index is -0.335. The number of hydrogen-bond donors (Lipinski definition) is 2. The van der Waals surface area contributed by atoms with Crippen LogP contribution in [0.4, 0.5) is 0 Å².